The lowest BCUT2D eigenvalue weighted by molar-refractivity contribution is 0.210. The number of hydrogen-bond acceptors (Lipinski definition) is 1. The van der Waals surface area contributed by atoms with Gasteiger partial charge in [-0.2, -0.15) is 0 Å². The molecule has 0 radical (unpaired) electrons. The Morgan fingerprint density at radius 1 is 1.24 bits per heavy atom. The van der Waals surface area contributed by atoms with Crippen LogP contribution in [0, 0.1) is 0 Å². The highest BCUT2D eigenvalue weighted by molar-refractivity contribution is 9.10. The number of benzene rings is 1. The summed E-state index contributed by atoms with van der Waals surface area (Å²) in [6.45, 7) is 0. The molecule has 0 bridgehead atoms. The first-order chi connectivity index (χ1) is 8.18. The first-order valence-electron chi connectivity index (χ1n) is 6.00. The predicted molar refractivity (Wildman–Crippen MR) is 75.3 cm³/mol. The molecule has 1 unspecified atom stereocenters. The maximum Gasteiger partial charge on any atom is 0.101 e. The van der Waals surface area contributed by atoms with Crippen LogP contribution in [0.25, 0.3) is 0 Å². The Morgan fingerprint density at radius 2 is 2.06 bits per heavy atom. The SMILES string of the molecule is OC(C1=CCCCCC1)c1ccc(Cl)cc1Br. The van der Waals surface area contributed by atoms with E-state index in [0.29, 0.717) is 5.02 Å². The van der Waals surface area contributed by atoms with E-state index in [9.17, 15) is 5.11 Å². The lowest BCUT2D eigenvalue weighted by Crippen LogP contribution is -2.02. The summed E-state index contributed by atoms with van der Waals surface area (Å²) in [6, 6.07) is 5.54. The van der Waals surface area contributed by atoms with Crippen molar-refractivity contribution in [2.24, 2.45) is 0 Å². The zero-order chi connectivity index (χ0) is 12.3. The molecule has 92 valence electrons. The fourth-order valence-corrected chi connectivity index (χ4v) is 3.11. The fraction of sp³-hybridized carbons (Fsp3) is 0.429. The Labute approximate surface area is 116 Å². The van der Waals surface area contributed by atoms with Gasteiger partial charge in [0.2, 0.25) is 0 Å². The third-order valence-electron chi connectivity index (χ3n) is 3.18. The lowest BCUT2D eigenvalue weighted by Gasteiger charge is -2.16. The second-order valence-corrected chi connectivity index (χ2v) is 5.74. The lowest BCUT2D eigenvalue weighted by atomic mass is 9.98. The third-order valence-corrected chi connectivity index (χ3v) is 4.11. The van der Waals surface area contributed by atoms with E-state index in [1.54, 1.807) is 0 Å². The number of rotatable bonds is 2. The minimum atomic E-state index is -0.500. The van der Waals surface area contributed by atoms with Gasteiger partial charge in [-0.05, 0) is 49.0 Å². The van der Waals surface area contributed by atoms with Crippen molar-refractivity contribution < 1.29 is 5.11 Å². The van der Waals surface area contributed by atoms with Crippen LogP contribution in [-0.4, -0.2) is 5.11 Å². The molecule has 1 aromatic rings. The Hall–Kier alpha value is -0.310. The minimum absolute atomic E-state index is 0.500. The average molecular weight is 316 g/mol. The van der Waals surface area contributed by atoms with E-state index in [2.05, 4.69) is 22.0 Å². The Balaban J connectivity index is 2.23. The van der Waals surface area contributed by atoms with Crippen molar-refractivity contribution in [1.29, 1.82) is 0 Å². The molecule has 0 aromatic heterocycles. The quantitative estimate of drug-likeness (QED) is 0.759. The molecule has 0 saturated carbocycles. The van der Waals surface area contributed by atoms with E-state index in [0.717, 1.165) is 28.5 Å². The molecule has 0 heterocycles. The number of halogens is 2. The van der Waals surface area contributed by atoms with Gasteiger partial charge in [0.15, 0.2) is 0 Å². The summed E-state index contributed by atoms with van der Waals surface area (Å²) in [5.41, 5.74) is 2.05. The largest absolute Gasteiger partial charge is 0.384 e. The summed E-state index contributed by atoms with van der Waals surface area (Å²) in [7, 11) is 0. The molecule has 2 rings (SSSR count). The number of hydrogen-bond donors (Lipinski definition) is 1. The van der Waals surface area contributed by atoms with Gasteiger partial charge >= 0.3 is 0 Å². The van der Waals surface area contributed by atoms with E-state index in [1.165, 1.54) is 19.3 Å². The topological polar surface area (TPSA) is 20.2 Å². The normalized spacial score (nSPS) is 18.4. The van der Waals surface area contributed by atoms with Gasteiger partial charge in [0.25, 0.3) is 0 Å². The highest BCUT2D eigenvalue weighted by Crippen LogP contribution is 2.34. The van der Waals surface area contributed by atoms with E-state index in [4.69, 9.17) is 11.6 Å². The van der Waals surface area contributed by atoms with Gasteiger partial charge in [-0.15, -0.1) is 0 Å². The van der Waals surface area contributed by atoms with Gasteiger partial charge in [0, 0.05) is 9.50 Å². The zero-order valence-electron chi connectivity index (χ0n) is 9.63. The molecule has 1 aliphatic rings. The molecular weight excluding hydrogens is 300 g/mol. The Morgan fingerprint density at radius 3 is 2.82 bits per heavy atom. The molecule has 1 atom stereocenters. The highest BCUT2D eigenvalue weighted by Gasteiger charge is 2.17. The van der Waals surface area contributed by atoms with Crippen molar-refractivity contribution in [3.8, 4) is 0 Å². The molecule has 0 saturated heterocycles. The van der Waals surface area contributed by atoms with Gasteiger partial charge < -0.3 is 5.11 Å². The Bertz CT molecular complexity index is 428. The van der Waals surface area contributed by atoms with Crippen LogP contribution in [-0.2, 0) is 0 Å². The van der Waals surface area contributed by atoms with E-state index in [-0.39, 0.29) is 0 Å². The standard InChI is InChI=1S/C14H16BrClO/c15-13-9-11(16)7-8-12(13)14(17)10-5-3-1-2-4-6-10/h5,7-9,14,17H,1-4,6H2. The van der Waals surface area contributed by atoms with Crippen LogP contribution in [0.4, 0.5) is 0 Å². The molecular formula is C14H16BrClO. The second-order valence-electron chi connectivity index (χ2n) is 4.45. The monoisotopic (exact) mass is 314 g/mol. The summed E-state index contributed by atoms with van der Waals surface area (Å²) in [4.78, 5) is 0. The van der Waals surface area contributed by atoms with E-state index >= 15 is 0 Å². The third kappa shape index (κ3) is 3.34. The fourth-order valence-electron chi connectivity index (χ4n) is 2.21. The van der Waals surface area contributed by atoms with Crippen LogP contribution < -0.4 is 0 Å². The summed E-state index contributed by atoms with van der Waals surface area (Å²) in [5.74, 6) is 0. The maximum atomic E-state index is 10.4. The molecule has 1 N–H and O–H groups in total. The van der Waals surface area contributed by atoms with E-state index in [1.807, 2.05) is 18.2 Å². The van der Waals surface area contributed by atoms with Crippen molar-refractivity contribution in [1.82, 2.24) is 0 Å². The van der Waals surface area contributed by atoms with Crippen LogP contribution >= 0.6 is 27.5 Å². The average Bonchev–Trinajstić information content (AvgIpc) is 2.56. The smallest absolute Gasteiger partial charge is 0.101 e. The summed E-state index contributed by atoms with van der Waals surface area (Å²) >= 11 is 9.37. The van der Waals surface area contributed by atoms with Crippen LogP contribution in [0.15, 0.2) is 34.3 Å². The van der Waals surface area contributed by atoms with Crippen LogP contribution in [0.2, 0.25) is 5.02 Å². The molecule has 0 fully saturated rings. The molecule has 0 aliphatic heterocycles. The number of allylic oxidation sites excluding steroid dienone is 1. The first kappa shape index (κ1) is 13.1. The molecule has 3 heteroatoms. The summed E-state index contributed by atoms with van der Waals surface area (Å²) < 4.78 is 0.877. The molecule has 1 aromatic carbocycles. The van der Waals surface area contributed by atoms with Crippen LogP contribution in [0.1, 0.15) is 43.8 Å². The molecule has 1 aliphatic carbocycles. The summed E-state index contributed by atoms with van der Waals surface area (Å²) in [6.07, 6.45) is 7.44. The van der Waals surface area contributed by atoms with Gasteiger partial charge in [-0.25, -0.2) is 0 Å². The zero-order valence-corrected chi connectivity index (χ0v) is 12.0. The van der Waals surface area contributed by atoms with Gasteiger partial charge in [-0.1, -0.05) is 46.1 Å². The van der Waals surface area contributed by atoms with Crippen molar-refractivity contribution in [3.05, 3.63) is 44.9 Å². The van der Waals surface area contributed by atoms with E-state index < -0.39 is 6.10 Å². The van der Waals surface area contributed by atoms with Gasteiger partial charge in [0.1, 0.15) is 6.10 Å². The van der Waals surface area contributed by atoms with Crippen molar-refractivity contribution in [2.75, 3.05) is 0 Å². The molecule has 0 spiro atoms. The van der Waals surface area contributed by atoms with Gasteiger partial charge in [-0.3, -0.25) is 0 Å². The highest BCUT2D eigenvalue weighted by atomic mass is 79.9. The predicted octanol–water partition coefficient (Wildman–Crippen LogP) is 5.03. The first-order valence-corrected chi connectivity index (χ1v) is 7.17. The van der Waals surface area contributed by atoms with Crippen molar-refractivity contribution in [2.45, 2.75) is 38.2 Å². The molecule has 0 amide bonds. The minimum Gasteiger partial charge on any atom is -0.384 e. The van der Waals surface area contributed by atoms with Gasteiger partial charge in [0.05, 0.1) is 0 Å². The number of aliphatic hydroxyl groups is 1. The Kier molecular flexibility index (Phi) is 4.66. The molecule has 17 heavy (non-hydrogen) atoms. The second kappa shape index (κ2) is 6.03. The number of aliphatic hydroxyl groups excluding tert-OH is 1. The molecule has 1 nitrogen and oxygen atoms in total. The van der Waals surface area contributed by atoms with Crippen LogP contribution in [0.3, 0.4) is 0 Å². The summed E-state index contributed by atoms with van der Waals surface area (Å²) in [5, 5.41) is 11.1. The van der Waals surface area contributed by atoms with Crippen molar-refractivity contribution in [3.63, 3.8) is 0 Å². The van der Waals surface area contributed by atoms with Crippen LogP contribution in [0.5, 0.6) is 0 Å². The maximum absolute atomic E-state index is 10.4. The van der Waals surface area contributed by atoms with Crippen molar-refractivity contribution >= 4 is 27.5 Å².